The van der Waals surface area contributed by atoms with E-state index >= 15 is 0 Å². The van der Waals surface area contributed by atoms with E-state index in [9.17, 15) is 0 Å². The average Bonchev–Trinajstić information content (AvgIpc) is 3.28. The molecule has 3 heteroatoms. The Bertz CT molecular complexity index is 677. The molecule has 1 aromatic heterocycles. The van der Waals surface area contributed by atoms with Crippen molar-refractivity contribution in [3.05, 3.63) is 59.3 Å². The summed E-state index contributed by atoms with van der Waals surface area (Å²) in [6.07, 6.45) is 7.28. The van der Waals surface area contributed by atoms with Gasteiger partial charge in [0.05, 0.1) is 0 Å². The maximum atomic E-state index is 4.81. The third kappa shape index (κ3) is 3.18. The van der Waals surface area contributed by atoms with Crippen LogP contribution in [0.1, 0.15) is 48.4 Å². The van der Waals surface area contributed by atoms with Crippen LogP contribution in [0.2, 0.25) is 0 Å². The van der Waals surface area contributed by atoms with Crippen molar-refractivity contribution in [2.24, 2.45) is 0 Å². The van der Waals surface area contributed by atoms with Gasteiger partial charge < -0.3 is 4.90 Å². The highest BCUT2D eigenvalue weighted by Gasteiger charge is 2.27. The number of pyridine rings is 1. The molecule has 126 valence electrons. The van der Waals surface area contributed by atoms with Gasteiger partial charge in [-0.25, -0.2) is 4.98 Å². The number of hydrogen-bond donors (Lipinski definition) is 0. The van der Waals surface area contributed by atoms with Gasteiger partial charge in [-0.15, -0.1) is 0 Å². The minimum Gasteiger partial charge on any atom is -0.357 e. The normalized spacial score (nSPS) is 21.5. The number of nitrogens with zero attached hydrogens (tertiary/aromatic N) is 3. The molecule has 0 N–H and O–H groups in total. The first-order valence-corrected chi connectivity index (χ1v) is 9.31. The van der Waals surface area contributed by atoms with Crippen LogP contribution in [0.4, 0.5) is 5.82 Å². The fourth-order valence-corrected chi connectivity index (χ4v) is 4.21. The molecule has 0 bridgehead atoms. The summed E-state index contributed by atoms with van der Waals surface area (Å²) in [6, 6.07) is 13.7. The van der Waals surface area contributed by atoms with Crippen LogP contribution in [0, 0.1) is 6.92 Å². The highest BCUT2D eigenvalue weighted by molar-refractivity contribution is 5.45. The van der Waals surface area contributed by atoms with Gasteiger partial charge in [0.25, 0.3) is 0 Å². The number of rotatable bonds is 4. The molecule has 0 aliphatic carbocycles. The van der Waals surface area contributed by atoms with Crippen molar-refractivity contribution in [3.63, 3.8) is 0 Å². The van der Waals surface area contributed by atoms with E-state index in [0.29, 0.717) is 6.04 Å². The molecule has 2 aliphatic rings. The molecule has 0 amide bonds. The van der Waals surface area contributed by atoms with E-state index in [1.165, 1.54) is 54.7 Å². The highest BCUT2D eigenvalue weighted by Crippen LogP contribution is 2.35. The lowest BCUT2D eigenvalue weighted by Crippen LogP contribution is -2.24. The van der Waals surface area contributed by atoms with Crippen molar-refractivity contribution < 1.29 is 0 Å². The van der Waals surface area contributed by atoms with Crippen molar-refractivity contribution >= 4 is 5.82 Å². The molecule has 2 aliphatic heterocycles. The molecular weight excluding hydrogens is 294 g/mol. The summed E-state index contributed by atoms with van der Waals surface area (Å²) >= 11 is 0. The van der Waals surface area contributed by atoms with Crippen molar-refractivity contribution in [3.8, 4) is 0 Å². The molecule has 3 heterocycles. The van der Waals surface area contributed by atoms with Crippen LogP contribution < -0.4 is 4.90 Å². The Kier molecular flexibility index (Phi) is 4.52. The first-order chi connectivity index (χ1) is 11.8. The topological polar surface area (TPSA) is 19.4 Å². The molecule has 24 heavy (non-hydrogen) atoms. The van der Waals surface area contributed by atoms with E-state index in [1.54, 1.807) is 0 Å². The molecule has 2 saturated heterocycles. The van der Waals surface area contributed by atoms with Gasteiger partial charge >= 0.3 is 0 Å². The van der Waals surface area contributed by atoms with Crippen LogP contribution in [0.25, 0.3) is 0 Å². The first kappa shape index (κ1) is 15.6. The van der Waals surface area contributed by atoms with Crippen LogP contribution in [0.15, 0.2) is 42.6 Å². The van der Waals surface area contributed by atoms with Gasteiger partial charge in [-0.2, -0.15) is 0 Å². The molecule has 3 nitrogen and oxygen atoms in total. The molecule has 1 atom stereocenters. The lowest BCUT2D eigenvalue weighted by atomic mass is 10.0. The Labute approximate surface area is 145 Å². The maximum Gasteiger partial charge on any atom is 0.128 e. The number of anilines is 1. The number of likely N-dealkylation sites (tertiary alicyclic amines) is 1. The molecule has 0 spiro atoms. The molecule has 2 fully saturated rings. The minimum absolute atomic E-state index is 0.519. The number of benzene rings is 1. The monoisotopic (exact) mass is 321 g/mol. The van der Waals surface area contributed by atoms with Crippen LogP contribution in [0.3, 0.4) is 0 Å². The highest BCUT2D eigenvalue weighted by atomic mass is 15.2. The van der Waals surface area contributed by atoms with Gasteiger partial charge in [-0.3, -0.25) is 4.90 Å². The van der Waals surface area contributed by atoms with Crippen LogP contribution >= 0.6 is 0 Å². The molecule has 1 aromatic carbocycles. The predicted molar refractivity (Wildman–Crippen MR) is 99.2 cm³/mol. The molecular formula is C21H27N3. The Morgan fingerprint density at radius 3 is 2.58 bits per heavy atom. The zero-order valence-corrected chi connectivity index (χ0v) is 14.6. The summed E-state index contributed by atoms with van der Waals surface area (Å²) in [5, 5.41) is 0. The quantitative estimate of drug-likeness (QED) is 0.835. The zero-order chi connectivity index (χ0) is 16.4. The first-order valence-electron chi connectivity index (χ1n) is 9.31. The lowest BCUT2D eigenvalue weighted by Gasteiger charge is -2.27. The van der Waals surface area contributed by atoms with Gasteiger partial charge in [0.15, 0.2) is 0 Å². The number of aromatic nitrogens is 1. The van der Waals surface area contributed by atoms with Gasteiger partial charge in [-0.05, 0) is 61.9 Å². The summed E-state index contributed by atoms with van der Waals surface area (Å²) in [5.41, 5.74) is 4.23. The van der Waals surface area contributed by atoms with Crippen molar-refractivity contribution in [1.82, 2.24) is 9.88 Å². The Morgan fingerprint density at radius 1 is 1.04 bits per heavy atom. The average molecular weight is 321 g/mol. The Hall–Kier alpha value is -1.87. The second-order valence-corrected chi connectivity index (χ2v) is 7.21. The Balaban J connectivity index is 1.53. The minimum atomic E-state index is 0.519. The lowest BCUT2D eigenvalue weighted by molar-refractivity contribution is 0.247. The van der Waals surface area contributed by atoms with Crippen LogP contribution in [-0.4, -0.2) is 29.5 Å². The Morgan fingerprint density at radius 2 is 1.83 bits per heavy atom. The second-order valence-electron chi connectivity index (χ2n) is 7.21. The van der Waals surface area contributed by atoms with E-state index in [1.807, 2.05) is 0 Å². The van der Waals surface area contributed by atoms with E-state index in [-0.39, 0.29) is 0 Å². The number of hydrogen-bond acceptors (Lipinski definition) is 3. The van der Waals surface area contributed by atoms with Gasteiger partial charge in [0, 0.05) is 31.9 Å². The SMILES string of the molecule is Cc1cc(N2CCCC2)ncc1C1CCCN1Cc1ccccc1. The predicted octanol–water partition coefficient (Wildman–Crippen LogP) is 4.33. The molecule has 4 rings (SSSR count). The molecule has 0 radical (unpaired) electrons. The number of aryl methyl sites for hydroxylation is 1. The standard InChI is InChI=1S/C21H27N3/c1-17-14-21(23-11-5-6-12-23)22-15-19(17)20-10-7-13-24(20)16-18-8-3-2-4-9-18/h2-4,8-9,14-15,20H,5-7,10-13,16H2,1H3. The smallest absolute Gasteiger partial charge is 0.128 e. The van der Waals surface area contributed by atoms with Crippen LogP contribution in [0.5, 0.6) is 0 Å². The van der Waals surface area contributed by atoms with E-state index < -0.39 is 0 Å². The summed E-state index contributed by atoms with van der Waals surface area (Å²) in [4.78, 5) is 9.85. The summed E-state index contributed by atoms with van der Waals surface area (Å²) in [7, 11) is 0. The maximum absolute atomic E-state index is 4.81. The summed E-state index contributed by atoms with van der Waals surface area (Å²) < 4.78 is 0. The van der Waals surface area contributed by atoms with Crippen LogP contribution in [-0.2, 0) is 6.54 Å². The van der Waals surface area contributed by atoms with Gasteiger partial charge in [0.1, 0.15) is 5.82 Å². The van der Waals surface area contributed by atoms with Gasteiger partial charge in [-0.1, -0.05) is 30.3 Å². The fourth-order valence-electron chi connectivity index (χ4n) is 4.21. The second kappa shape index (κ2) is 6.94. The molecule has 1 unspecified atom stereocenters. The van der Waals surface area contributed by atoms with Crippen molar-refractivity contribution in [2.75, 3.05) is 24.5 Å². The summed E-state index contributed by atoms with van der Waals surface area (Å²) in [6.45, 7) is 6.81. The van der Waals surface area contributed by atoms with Crippen molar-refractivity contribution in [1.29, 1.82) is 0 Å². The van der Waals surface area contributed by atoms with Gasteiger partial charge in [0.2, 0.25) is 0 Å². The van der Waals surface area contributed by atoms with Crippen molar-refractivity contribution in [2.45, 2.75) is 45.2 Å². The summed E-state index contributed by atoms with van der Waals surface area (Å²) in [5.74, 6) is 1.17. The molecule has 2 aromatic rings. The fraction of sp³-hybridized carbons (Fsp3) is 0.476. The van der Waals surface area contributed by atoms with E-state index in [0.717, 1.165) is 19.6 Å². The third-order valence-electron chi connectivity index (χ3n) is 5.52. The van der Waals surface area contributed by atoms with E-state index in [4.69, 9.17) is 4.98 Å². The molecule has 0 saturated carbocycles. The van der Waals surface area contributed by atoms with E-state index in [2.05, 4.69) is 59.3 Å². The third-order valence-corrected chi connectivity index (χ3v) is 5.52. The largest absolute Gasteiger partial charge is 0.357 e. The zero-order valence-electron chi connectivity index (χ0n) is 14.6.